The van der Waals surface area contributed by atoms with E-state index in [1.54, 1.807) is 18.5 Å². The van der Waals surface area contributed by atoms with Crippen LogP contribution in [0.15, 0.2) is 18.5 Å². The molecular weight excluding hydrogens is 242 g/mol. The summed E-state index contributed by atoms with van der Waals surface area (Å²) in [5, 5.41) is 3.08. The van der Waals surface area contributed by atoms with Crippen LogP contribution in [0.25, 0.3) is 0 Å². The highest BCUT2D eigenvalue weighted by Gasteiger charge is 2.26. The Kier molecular flexibility index (Phi) is 4.74. The van der Waals surface area contributed by atoms with E-state index in [1.807, 2.05) is 0 Å². The zero-order chi connectivity index (χ0) is 13.7. The van der Waals surface area contributed by atoms with Gasteiger partial charge in [0.1, 0.15) is 5.75 Å². The minimum Gasteiger partial charge on any atom is -0.494 e. The van der Waals surface area contributed by atoms with E-state index in [0.717, 1.165) is 19.3 Å². The zero-order valence-electron chi connectivity index (χ0n) is 11.3. The quantitative estimate of drug-likeness (QED) is 0.859. The molecule has 5 nitrogen and oxygen atoms in total. The topological polar surface area (TPSA) is 77.2 Å². The third-order valence-corrected chi connectivity index (χ3v) is 3.78. The van der Waals surface area contributed by atoms with Crippen molar-refractivity contribution in [1.29, 1.82) is 0 Å². The minimum absolute atomic E-state index is 0.107. The molecular formula is C14H21N3O2. The number of amides is 1. The van der Waals surface area contributed by atoms with Gasteiger partial charge in [-0.25, -0.2) is 0 Å². The van der Waals surface area contributed by atoms with Crippen LogP contribution in [-0.4, -0.2) is 30.6 Å². The van der Waals surface area contributed by atoms with Gasteiger partial charge in [0, 0.05) is 12.2 Å². The van der Waals surface area contributed by atoms with Crippen LogP contribution in [-0.2, 0) is 0 Å². The molecule has 2 atom stereocenters. The molecule has 2 unspecified atom stereocenters. The summed E-state index contributed by atoms with van der Waals surface area (Å²) >= 11 is 0. The Bertz CT molecular complexity index is 436. The molecule has 19 heavy (non-hydrogen) atoms. The van der Waals surface area contributed by atoms with Crippen LogP contribution in [0.3, 0.4) is 0 Å². The third-order valence-electron chi connectivity index (χ3n) is 3.78. The molecule has 1 aromatic rings. The van der Waals surface area contributed by atoms with E-state index in [1.165, 1.54) is 13.5 Å². The van der Waals surface area contributed by atoms with E-state index < -0.39 is 0 Å². The molecule has 1 aromatic heterocycles. The lowest BCUT2D eigenvalue weighted by Gasteiger charge is -2.31. The van der Waals surface area contributed by atoms with Crippen LogP contribution in [0.4, 0.5) is 0 Å². The maximum atomic E-state index is 12.3. The first-order chi connectivity index (χ1) is 9.26. The molecule has 1 amide bonds. The van der Waals surface area contributed by atoms with Gasteiger partial charge in [-0.2, -0.15) is 0 Å². The number of hydrogen-bond acceptors (Lipinski definition) is 4. The van der Waals surface area contributed by atoms with Crippen molar-refractivity contribution in [1.82, 2.24) is 10.3 Å². The number of nitrogens with zero attached hydrogens (tertiary/aromatic N) is 1. The maximum absolute atomic E-state index is 12.3. The smallest absolute Gasteiger partial charge is 0.255 e. The maximum Gasteiger partial charge on any atom is 0.255 e. The van der Waals surface area contributed by atoms with Gasteiger partial charge in [0.2, 0.25) is 0 Å². The molecule has 2 rings (SSSR count). The highest BCUT2D eigenvalue weighted by Crippen LogP contribution is 2.24. The lowest BCUT2D eigenvalue weighted by Crippen LogP contribution is -2.44. The van der Waals surface area contributed by atoms with Gasteiger partial charge >= 0.3 is 0 Å². The summed E-state index contributed by atoms with van der Waals surface area (Å²) < 4.78 is 5.16. The summed E-state index contributed by atoms with van der Waals surface area (Å²) in [6.07, 6.45) is 7.59. The fourth-order valence-electron chi connectivity index (χ4n) is 2.66. The molecule has 1 aliphatic carbocycles. The first-order valence-corrected chi connectivity index (χ1v) is 6.75. The number of nitrogens with one attached hydrogen (secondary N) is 1. The molecule has 0 bridgehead atoms. The predicted octanol–water partition coefficient (Wildman–Crippen LogP) is 1.34. The normalized spacial score (nSPS) is 22.8. The molecule has 1 heterocycles. The fraction of sp³-hybridized carbons (Fsp3) is 0.571. The molecule has 0 aromatic carbocycles. The Hall–Kier alpha value is -1.62. The van der Waals surface area contributed by atoms with Gasteiger partial charge in [0.05, 0.1) is 18.9 Å². The van der Waals surface area contributed by atoms with Crippen molar-refractivity contribution in [3.63, 3.8) is 0 Å². The van der Waals surface area contributed by atoms with E-state index in [4.69, 9.17) is 10.5 Å². The number of methoxy groups -OCH3 is 1. The Morgan fingerprint density at radius 1 is 1.53 bits per heavy atom. The van der Waals surface area contributed by atoms with Crippen LogP contribution in [0.1, 0.15) is 36.0 Å². The Morgan fingerprint density at radius 3 is 3.05 bits per heavy atom. The van der Waals surface area contributed by atoms with E-state index in [9.17, 15) is 4.79 Å². The highest BCUT2D eigenvalue weighted by atomic mass is 16.5. The van der Waals surface area contributed by atoms with Gasteiger partial charge in [-0.3, -0.25) is 9.78 Å². The Balaban J connectivity index is 2.07. The zero-order valence-corrected chi connectivity index (χ0v) is 11.3. The van der Waals surface area contributed by atoms with Crippen LogP contribution in [0, 0.1) is 5.92 Å². The standard InChI is InChI=1S/C14H21N3O2/c1-19-13-9-16-7-6-11(13)14(18)17-12-5-3-2-4-10(12)8-15/h6-7,9-10,12H,2-5,8,15H2,1H3,(H,17,18). The molecule has 1 aliphatic rings. The predicted molar refractivity (Wildman–Crippen MR) is 73.1 cm³/mol. The molecule has 104 valence electrons. The molecule has 0 radical (unpaired) electrons. The van der Waals surface area contributed by atoms with Crippen molar-refractivity contribution in [2.45, 2.75) is 31.7 Å². The SMILES string of the molecule is COc1cnccc1C(=O)NC1CCCCC1CN. The number of nitrogens with two attached hydrogens (primary N) is 1. The van der Waals surface area contributed by atoms with E-state index in [-0.39, 0.29) is 11.9 Å². The molecule has 0 saturated heterocycles. The van der Waals surface area contributed by atoms with Crippen molar-refractivity contribution in [2.75, 3.05) is 13.7 Å². The summed E-state index contributed by atoms with van der Waals surface area (Å²) in [6.45, 7) is 0.623. The Labute approximate surface area is 113 Å². The van der Waals surface area contributed by atoms with Crippen molar-refractivity contribution in [2.24, 2.45) is 11.7 Å². The van der Waals surface area contributed by atoms with Crippen molar-refractivity contribution in [3.8, 4) is 5.75 Å². The fourth-order valence-corrected chi connectivity index (χ4v) is 2.66. The molecule has 1 fully saturated rings. The summed E-state index contributed by atoms with van der Waals surface area (Å²) in [7, 11) is 1.54. The number of pyridine rings is 1. The second kappa shape index (κ2) is 6.52. The molecule has 0 spiro atoms. The van der Waals surface area contributed by atoms with Crippen LogP contribution in [0.2, 0.25) is 0 Å². The lowest BCUT2D eigenvalue weighted by atomic mass is 9.84. The number of carbonyl (C=O) groups excluding carboxylic acids is 1. The second-order valence-electron chi connectivity index (χ2n) is 4.94. The number of rotatable bonds is 4. The molecule has 0 aliphatic heterocycles. The summed E-state index contributed by atoms with van der Waals surface area (Å²) in [5.41, 5.74) is 6.30. The van der Waals surface area contributed by atoms with Gasteiger partial charge in [-0.05, 0) is 31.4 Å². The van der Waals surface area contributed by atoms with E-state index >= 15 is 0 Å². The molecule has 1 saturated carbocycles. The average Bonchev–Trinajstić information content (AvgIpc) is 2.47. The molecule has 3 N–H and O–H groups in total. The van der Waals surface area contributed by atoms with Gasteiger partial charge in [-0.1, -0.05) is 12.8 Å². The van der Waals surface area contributed by atoms with Crippen molar-refractivity contribution < 1.29 is 9.53 Å². The van der Waals surface area contributed by atoms with E-state index in [2.05, 4.69) is 10.3 Å². The minimum atomic E-state index is -0.107. The number of ether oxygens (including phenoxy) is 1. The average molecular weight is 263 g/mol. The summed E-state index contributed by atoms with van der Waals surface area (Å²) in [6, 6.07) is 1.85. The first-order valence-electron chi connectivity index (χ1n) is 6.75. The summed E-state index contributed by atoms with van der Waals surface area (Å²) in [4.78, 5) is 16.2. The number of carbonyl (C=O) groups is 1. The molecule has 5 heteroatoms. The van der Waals surface area contributed by atoms with Gasteiger partial charge < -0.3 is 15.8 Å². The highest BCUT2D eigenvalue weighted by molar-refractivity contribution is 5.96. The number of hydrogen-bond donors (Lipinski definition) is 2. The van der Waals surface area contributed by atoms with Gasteiger partial charge in [-0.15, -0.1) is 0 Å². The van der Waals surface area contributed by atoms with Crippen LogP contribution < -0.4 is 15.8 Å². The largest absolute Gasteiger partial charge is 0.494 e. The lowest BCUT2D eigenvalue weighted by molar-refractivity contribution is 0.0905. The third kappa shape index (κ3) is 3.23. The van der Waals surface area contributed by atoms with E-state index in [0.29, 0.717) is 23.8 Å². The van der Waals surface area contributed by atoms with Crippen LogP contribution >= 0.6 is 0 Å². The van der Waals surface area contributed by atoms with Gasteiger partial charge in [0.15, 0.2) is 0 Å². The van der Waals surface area contributed by atoms with Crippen molar-refractivity contribution >= 4 is 5.91 Å². The van der Waals surface area contributed by atoms with Crippen LogP contribution in [0.5, 0.6) is 5.75 Å². The first kappa shape index (κ1) is 13.8. The monoisotopic (exact) mass is 263 g/mol. The Morgan fingerprint density at radius 2 is 2.32 bits per heavy atom. The second-order valence-corrected chi connectivity index (χ2v) is 4.94. The van der Waals surface area contributed by atoms with Gasteiger partial charge in [0.25, 0.3) is 5.91 Å². The number of aromatic nitrogens is 1. The summed E-state index contributed by atoms with van der Waals surface area (Å²) in [5.74, 6) is 0.773. The van der Waals surface area contributed by atoms with Crippen molar-refractivity contribution in [3.05, 3.63) is 24.0 Å².